The maximum Gasteiger partial charge on any atom is 0.239 e. The SMILES string of the molecule is C=CC(CI)[N+](=O)[O-]. The zero-order valence-electron chi connectivity index (χ0n) is 4.21. The van der Waals surface area contributed by atoms with Crippen LogP contribution in [-0.2, 0) is 0 Å². The van der Waals surface area contributed by atoms with Crippen LogP contribution < -0.4 is 0 Å². The van der Waals surface area contributed by atoms with Crippen LogP contribution in [-0.4, -0.2) is 15.4 Å². The lowest BCUT2D eigenvalue weighted by atomic mass is 10.4. The summed E-state index contributed by atoms with van der Waals surface area (Å²) in [6.07, 6.45) is 1.34. The van der Waals surface area contributed by atoms with Crippen molar-refractivity contribution < 1.29 is 4.92 Å². The maximum atomic E-state index is 9.89. The van der Waals surface area contributed by atoms with Crippen molar-refractivity contribution in [3.05, 3.63) is 22.8 Å². The van der Waals surface area contributed by atoms with E-state index in [9.17, 15) is 10.1 Å². The standard InChI is InChI=1S/C4H6INO2/c1-2-4(3-5)6(7)8/h2,4H,1,3H2. The number of nitro groups is 1. The summed E-state index contributed by atoms with van der Waals surface area (Å²) in [5.74, 6) is 0. The summed E-state index contributed by atoms with van der Waals surface area (Å²) in [7, 11) is 0. The summed E-state index contributed by atoms with van der Waals surface area (Å²) in [6, 6.07) is -0.574. The maximum absolute atomic E-state index is 9.89. The van der Waals surface area contributed by atoms with E-state index in [1.54, 1.807) is 0 Å². The van der Waals surface area contributed by atoms with Crippen LogP contribution in [0.3, 0.4) is 0 Å². The Morgan fingerprint density at radius 3 is 2.50 bits per heavy atom. The van der Waals surface area contributed by atoms with E-state index < -0.39 is 6.04 Å². The van der Waals surface area contributed by atoms with E-state index in [-0.39, 0.29) is 4.92 Å². The van der Waals surface area contributed by atoms with Crippen molar-refractivity contribution >= 4 is 22.6 Å². The smallest absolute Gasteiger partial charge is 0.239 e. The summed E-state index contributed by atoms with van der Waals surface area (Å²) in [5, 5.41) is 9.89. The second-order valence-electron chi connectivity index (χ2n) is 1.24. The summed E-state index contributed by atoms with van der Waals surface area (Å²) in [5.41, 5.74) is 0. The predicted molar refractivity (Wildman–Crippen MR) is 39.9 cm³/mol. The van der Waals surface area contributed by atoms with Crippen molar-refractivity contribution in [2.45, 2.75) is 6.04 Å². The Kier molecular flexibility index (Phi) is 3.76. The summed E-state index contributed by atoms with van der Waals surface area (Å²) in [6.45, 7) is 3.31. The van der Waals surface area contributed by atoms with Gasteiger partial charge in [-0.3, -0.25) is 10.1 Å². The van der Waals surface area contributed by atoms with Gasteiger partial charge in [-0.15, -0.1) is 0 Å². The Balaban J connectivity index is 3.69. The molecule has 8 heavy (non-hydrogen) atoms. The molecule has 0 saturated carbocycles. The third kappa shape index (κ3) is 2.25. The van der Waals surface area contributed by atoms with Crippen LogP contribution in [0.4, 0.5) is 0 Å². The van der Waals surface area contributed by atoms with Crippen LogP contribution >= 0.6 is 22.6 Å². The van der Waals surface area contributed by atoms with Crippen molar-refractivity contribution in [1.29, 1.82) is 0 Å². The van der Waals surface area contributed by atoms with Crippen LogP contribution in [0, 0.1) is 10.1 Å². The minimum Gasteiger partial charge on any atom is -0.264 e. The van der Waals surface area contributed by atoms with Gasteiger partial charge in [-0.1, -0.05) is 29.2 Å². The summed E-state index contributed by atoms with van der Waals surface area (Å²) in [4.78, 5) is 9.54. The molecule has 0 aromatic rings. The van der Waals surface area contributed by atoms with Crippen molar-refractivity contribution in [1.82, 2.24) is 0 Å². The van der Waals surface area contributed by atoms with Gasteiger partial charge in [-0.05, 0) is 6.08 Å². The van der Waals surface area contributed by atoms with Crippen molar-refractivity contribution in [3.8, 4) is 0 Å². The molecule has 0 aromatic carbocycles. The Bertz CT molecular complexity index is 104. The molecule has 3 nitrogen and oxygen atoms in total. The zero-order chi connectivity index (χ0) is 6.57. The molecule has 0 aliphatic carbocycles. The molecular weight excluding hydrogens is 221 g/mol. The Hall–Kier alpha value is -0.130. The van der Waals surface area contributed by atoms with E-state index in [0.29, 0.717) is 4.43 Å². The number of nitrogens with zero attached hydrogens (tertiary/aromatic N) is 1. The highest BCUT2D eigenvalue weighted by Crippen LogP contribution is 1.95. The van der Waals surface area contributed by atoms with Gasteiger partial charge >= 0.3 is 0 Å². The fraction of sp³-hybridized carbons (Fsp3) is 0.500. The third-order valence-corrected chi connectivity index (χ3v) is 1.60. The molecule has 0 bridgehead atoms. The van der Waals surface area contributed by atoms with Gasteiger partial charge in [0.25, 0.3) is 0 Å². The molecule has 0 rings (SSSR count). The molecule has 46 valence electrons. The molecule has 1 unspecified atom stereocenters. The van der Waals surface area contributed by atoms with Gasteiger partial charge in [0.05, 0.1) is 4.43 Å². The second-order valence-corrected chi connectivity index (χ2v) is 2.12. The molecule has 0 fully saturated rings. The quantitative estimate of drug-likeness (QED) is 0.239. The Morgan fingerprint density at radius 1 is 2.00 bits per heavy atom. The zero-order valence-corrected chi connectivity index (χ0v) is 6.37. The lowest BCUT2D eigenvalue weighted by molar-refractivity contribution is -0.502. The van der Waals surface area contributed by atoms with Gasteiger partial charge in [0.15, 0.2) is 0 Å². The number of hydrogen-bond acceptors (Lipinski definition) is 2. The van der Waals surface area contributed by atoms with Gasteiger partial charge in [-0.2, -0.15) is 0 Å². The summed E-state index contributed by atoms with van der Waals surface area (Å²) >= 11 is 1.95. The van der Waals surface area contributed by atoms with Gasteiger partial charge in [0.1, 0.15) is 0 Å². The normalized spacial score (nSPS) is 12.6. The topological polar surface area (TPSA) is 43.1 Å². The number of halogens is 1. The van der Waals surface area contributed by atoms with E-state index in [1.165, 1.54) is 6.08 Å². The minimum absolute atomic E-state index is 0.348. The first-order chi connectivity index (χ1) is 3.72. The molecule has 0 radical (unpaired) electrons. The molecule has 0 heterocycles. The monoisotopic (exact) mass is 227 g/mol. The average Bonchev–Trinajstić information content (AvgIpc) is 1.69. The van der Waals surface area contributed by atoms with Crippen molar-refractivity contribution in [3.63, 3.8) is 0 Å². The molecule has 0 spiro atoms. The minimum atomic E-state index is -0.574. The van der Waals surface area contributed by atoms with Gasteiger partial charge in [-0.25, -0.2) is 0 Å². The van der Waals surface area contributed by atoms with Crippen LogP contribution in [0.2, 0.25) is 0 Å². The van der Waals surface area contributed by atoms with Crippen LogP contribution in [0.15, 0.2) is 12.7 Å². The lowest BCUT2D eigenvalue weighted by Crippen LogP contribution is -2.16. The highest BCUT2D eigenvalue weighted by Gasteiger charge is 2.10. The number of alkyl halides is 1. The molecular formula is C4H6INO2. The molecule has 0 aliphatic heterocycles. The fourth-order valence-corrected chi connectivity index (χ4v) is 0.887. The van der Waals surface area contributed by atoms with Gasteiger partial charge in [0, 0.05) is 4.92 Å². The lowest BCUT2D eigenvalue weighted by Gasteiger charge is -1.95. The number of rotatable bonds is 3. The Morgan fingerprint density at radius 2 is 2.50 bits per heavy atom. The van der Waals surface area contributed by atoms with E-state index in [2.05, 4.69) is 6.58 Å². The first-order valence-electron chi connectivity index (χ1n) is 2.04. The highest BCUT2D eigenvalue weighted by atomic mass is 127. The Labute approximate surface area is 61.1 Å². The molecule has 0 saturated heterocycles. The second kappa shape index (κ2) is 3.82. The molecule has 4 heteroatoms. The molecule has 0 amide bonds. The van der Waals surface area contributed by atoms with Crippen molar-refractivity contribution in [2.24, 2.45) is 0 Å². The highest BCUT2D eigenvalue weighted by molar-refractivity contribution is 14.1. The molecule has 0 N–H and O–H groups in total. The van der Waals surface area contributed by atoms with Crippen LogP contribution in [0.25, 0.3) is 0 Å². The number of hydrogen-bond donors (Lipinski definition) is 0. The van der Waals surface area contributed by atoms with Gasteiger partial charge in [0.2, 0.25) is 6.04 Å². The third-order valence-electron chi connectivity index (χ3n) is 0.701. The fourth-order valence-electron chi connectivity index (χ4n) is 0.205. The molecule has 0 aromatic heterocycles. The largest absolute Gasteiger partial charge is 0.264 e. The van der Waals surface area contributed by atoms with E-state index in [1.807, 2.05) is 22.6 Å². The first kappa shape index (κ1) is 7.87. The van der Waals surface area contributed by atoms with E-state index in [0.717, 1.165) is 0 Å². The van der Waals surface area contributed by atoms with Crippen LogP contribution in [0.1, 0.15) is 0 Å². The molecule has 1 atom stereocenters. The van der Waals surface area contributed by atoms with Gasteiger partial charge < -0.3 is 0 Å². The predicted octanol–water partition coefficient (Wildman–Crippen LogP) is 1.25. The summed E-state index contributed by atoms with van der Waals surface area (Å²) < 4.78 is 0.494. The van der Waals surface area contributed by atoms with Crippen molar-refractivity contribution in [2.75, 3.05) is 4.43 Å². The van der Waals surface area contributed by atoms with E-state index in [4.69, 9.17) is 0 Å². The average molecular weight is 227 g/mol. The van der Waals surface area contributed by atoms with E-state index >= 15 is 0 Å². The molecule has 0 aliphatic rings. The van der Waals surface area contributed by atoms with Crippen LogP contribution in [0.5, 0.6) is 0 Å². The first-order valence-corrected chi connectivity index (χ1v) is 3.57.